The Labute approximate surface area is 128 Å². The lowest BCUT2D eigenvalue weighted by molar-refractivity contribution is 0.206. The van der Waals surface area contributed by atoms with E-state index < -0.39 is 0 Å². The molecule has 2 atom stereocenters. The molecule has 0 aliphatic carbocycles. The van der Waals surface area contributed by atoms with Crippen LogP contribution in [0.25, 0.3) is 0 Å². The van der Waals surface area contributed by atoms with Crippen LogP contribution in [0.3, 0.4) is 0 Å². The van der Waals surface area contributed by atoms with Crippen LogP contribution in [0.2, 0.25) is 0 Å². The molecule has 1 aromatic rings. The molecule has 3 heteroatoms. The molecule has 0 radical (unpaired) electrons. The normalized spacial score (nSPS) is 26.6. The molecule has 0 saturated carbocycles. The monoisotopic (exact) mass is 288 g/mol. The highest BCUT2D eigenvalue weighted by Gasteiger charge is 2.32. The van der Waals surface area contributed by atoms with Crippen molar-refractivity contribution < 1.29 is 4.74 Å². The van der Waals surface area contributed by atoms with Gasteiger partial charge in [0.2, 0.25) is 0 Å². The van der Waals surface area contributed by atoms with Crippen molar-refractivity contribution in [3.05, 3.63) is 29.8 Å². The summed E-state index contributed by atoms with van der Waals surface area (Å²) in [4.78, 5) is 2.67. The number of rotatable bonds is 5. The summed E-state index contributed by atoms with van der Waals surface area (Å²) in [6.45, 7) is 7.66. The third-order valence-corrected chi connectivity index (χ3v) is 4.66. The molecule has 0 aromatic heterocycles. The largest absolute Gasteiger partial charge is 0.491 e. The lowest BCUT2D eigenvalue weighted by atomic mass is 10.0. The molecule has 3 nitrogen and oxygen atoms in total. The predicted octanol–water partition coefficient (Wildman–Crippen LogP) is 3.19. The Morgan fingerprint density at radius 3 is 2.67 bits per heavy atom. The minimum atomic E-state index is 0.243. The van der Waals surface area contributed by atoms with Gasteiger partial charge in [0.15, 0.2) is 0 Å². The highest BCUT2D eigenvalue weighted by molar-refractivity contribution is 5.27. The molecule has 2 aliphatic heterocycles. The first-order valence-corrected chi connectivity index (χ1v) is 8.45. The van der Waals surface area contributed by atoms with Gasteiger partial charge in [0, 0.05) is 18.6 Å². The number of nitrogens with one attached hydrogen (secondary N) is 1. The van der Waals surface area contributed by atoms with Gasteiger partial charge in [-0.3, -0.25) is 4.90 Å². The summed E-state index contributed by atoms with van der Waals surface area (Å²) in [5, 5.41) is 3.68. The van der Waals surface area contributed by atoms with E-state index in [2.05, 4.69) is 48.3 Å². The van der Waals surface area contributed by atoms with Crippen molar-refractivity contribution in [2.24, 2.45) is 0 Å². The Morgan fingerprint density at radius 2 is 2.00 bits per heavy atom. The molecule has 0 bridgehead atoms. The van der Waals surface area contributed by atoms with Gasteiger partial charge in [-0.25, -0.2) is 0 Å². The molecule has 2 heterocycles. The number of ether oxygens (including phenoxy) is 1. The highest BCUT2D eigenvalue weighted by atomic mass is 16.5. The van der Waals surface area contributed by atoms with E-state index in [-0.39, 0.29) is 6.10 Å². The van der Waals surface area contributed by atoms with Crippen molar-refractivity contribution in [1.29, 1.82) is 0 Å². The third-order valence-electron chi connectivity index (χ3n) is 4.66. The Kier molecular flexibility index (Phi) is 4.81. The van der Waals surface area contributed by atoms with Gasteiger partial charge < -0.3 is 10.1 Å². The number of nitrogens with zero attached hydrogens (tertiary/aromatic N) is 1. The average Bonchev–Trinajstić information content (AvgIpc) is 3.11. The molecule has 116 valence electrons. The second-order valence-electron chi connectivity index (χ2n) is 6.69. The topological polar surface area (TPSA) is 24.5 Å². The number of likely N-dealkylation sites (tertiary alicyclic amines) is 1. The van der Waals surface area contributed by atoms with Crippen LogP contribution in [-0.4, -0.2) is 36.2 Å². The lowest BCUT2D eigenvalue weighted by Crippen LogP contribution is -2.43. The SMILES string of the molecule is CC(C)Oc1ccc(CN2CCCC2C2CCCN2)cc1. The van der Waals surface area contributed by atoms with Crippen molar-refractivity contribution >= 4 is 0 Å². The molecule has 0 spiro atoms. The molecule has 2 aliphatic rings. The van der Waals surface area contributed by atoms with E-state index in [1.165, 1.54) is 44.3 Å². The summed E-state index contributed by atoms with van der Waals surface area (Å²) < 4.78 is 5.72. The van der Waals surface area contributed by atoms with Crippen LogP contribution in [0.1, 0.15) is 45.1 Å². The Bertz CT molecular complexity index is 437. The fourth-order valence-electron chi connectivity index (χ4n) is 3.72. The van der Waals surface area contributed by atoms with E-state index >= 15 is 0 Å². The van der Waals surface area contributed by atoms with Crippen molar-refractivity contribution in [1.82, 2.24) is 10.2 Å². The standard InChI is InChI=1S/C18H28N2O/c1-14(2)21-16-9-7-15(8-10-16)13-20-12-4-6-18(20)17-5-3-11-19-17/h7-10,14,17-19H,3-6,11-13H2,1-2H3. The fraction of sp³-hybridized carbons (Fsp3) is 0.667. The third kappa shape index (κ3) is 3.78. The maximum absolute atomic E-state index is 5.72. The van der Waals surface area contributed by atoms with Gasteiger partial charge in [-0.15, -0.1) is 0 Å². The summed E-state index contributed by atoms with van der Waals surface area (Å²) in [6.07, 6.45) is 5.63. The highest BCUT2D eigenvalue weighted by Crippen LogP contribution is 2.26. The van der Waals surface area contributed by atoms with Crippen LogP contribution in [0.5, 0.6) is 5.75 Å². The van der Waals surface area contributed by atoms with Gasteiger partial charge >= 0.3 is 0 Å². The molecular weight excluding hydrogens is 260 g/mol. The molecule has 2 unspecified atom stereocenters. The minimum Gasteiger partial charge on any atom is -0.491 e. The smallest absolute Gasteiger partial charge is 0.119 e. The van der Waals surface area contributed by atoms with Gasteiger partial charge in [0.1, 0.15) is 5.75 Å². The second kappa shape index (κ2) is 6.80. The van der Waals surface area contributed by atoms with Crippen LogP contribution in [0.15, 0.2) is 24.3 Å². The zero-order valence-electron chi connectivity index (χ0n) is 13.3. The summed E-state index contributed by atoms with van der Waals surface area (Å²) in [7, 11) is 0. The van der Waals surface area contributed by atoms with E-state index in [0.717, 1.165) is 24.4 Å². The second-order valence-corrected chi connectivity index (χ2v) is 6.69. The first-order chi connectivity index (χ1) is 10.2. The summed E-state index contributed by atoms with van der Waals surface area (Å²) >= 11 is 0. The van der Waals surface area contributed by atoms with E-state index in [1.54, 1.807) is 0 Å². The maximum atomic E-state index is 5.72. The zero-order valence-corrected chi connectivity index (χ0v) is 13.3. The molecule has 2 saturated heterocycles. The van der Waals surface area contributed by atoms with Crippen LogP contribution < -0.4 is 10.1 Å². The molecule has 21 heavy (non-hydrogen) atoms. The molecule has 2 fully saturated rings. The van der Waals surface area contributed by atoms with Gasteiger partial charge in [0.25, 0.3) is 0 Å². The first kappa shape index (κ1) is 14.9. The van der Waals surface area contributed by atoms with E-state index in [0.29, 0.717) is 0 Å². The summed E-state index contributed by atoms with van der Waals surface area (Å²) in [5.41, 5.74) is 1.40. The molecule has 3 rings (SSSR count). The van der Waals surface area contributed by atoms with Crippen LogP contribution in [0.4, 0.5) is 0 Å². The van der Waals surface area contributed by atoms with Crippen molar-refractivity contribution in [2.75, 3.05) is 13.1 Å². The quantitative estimate of drug-likeness (QED) is 0.900. The van der Waals surface area contributed by atoms with Crippen LogP contribution in [0, 0.1) is 0 Å². The summed E-state index contributed by atoms with van der Waals surface area (Å²) in [6, 6.07) is 10.1. The van der Waals surface area contributed by atoms with Crippen molar-refractivity contribution in [3.8, 4) is 5.75 Å². The lowest BCUT2D eigenvalue weighted by Gasteiger charge is -2.29. The van der Waals surface area contributed by atoms with Gasteiger partial charge in [-0.05, 0) is 70.3 Å². The Hall–Kier alpha value is -1.06. The summed E-state index contributed by atoms with van der Waals surface area (Å²) in [5.74, 6) is 0.976. The molecule has 1 N–H and O–H groups in total. The predicted molar refractivity (Wildman–Crippen MR) is 86.7 cm³/mol. The fourth-order valence-corrected chi connectivity index (χ4v) is 3.72. The Morgan fingerprint density at radius 1 is 1.19 bits per heavy atom. The number of hydrogen-bond acceptors (Lipinski definition) is 3. The van der Waals surface area contributed by atoms with Gasteiger partial charge in [-0.1, -0.05) is 12.1 Å². The first-order valence-electron chi connectivity index (χ1n) is 8.45. The molecule has 1 aromatic carbocycles. The van der Waals surface area contributed by atoms with Crippen molar-refractivity contribution in [2.45, 2.75) is 64.3 Å². The zero-order chi connectivity index (χ0) is 14.7. The van der Waals surface area contributed by atoms with E-state index in [9.17, 15) is 0 Å². The number of benzene rings is 1. The maximum Gasteiger partial charge on any atom is 0.119 e. The van der Waals surface area contributed by atoms with Gasteiger partial charge in [0.05, 0.1) is 6.10 Å². The van der Waals surface area contributed by atoms with E-state index in [4.69, 9.17) is 4.74 Å². The van der Waals surface area contributed by atoms with E-state index in [1.807, 2.05) is 0 Å². The van der Waals surface area contributed by atoms with Crippen molar-refractivity contribution in [3.63, 3.8) is 0 Å². The van der Waals surface area contributed by atoms with Gasteiger partial charge in [-0.2, -0.15) is 0 Å². The van der Waals surface area contributed by atoms with Crippen LogP contribution >= 0.6 is 0 Å². The minimum absolute atomic E-state index is 0.243. The molecular formula is C18H28N2O. The number of hydrogen-bond donors (Lipinski definition) is 1. The Balaban J connectivity index is 1.59. The molecule has 0 amide bonds. The van der Waals surface area contributed by atoms with Crippen LogP contribution in [-0.2, 0) is 6.54 Å². The average molecular weight is 288 g/mol.